The predicted octanol–water partition coefficient (Wildman–Crippen LogP) is 2.84. The first-order chi connectivity index (χ1) is 9.53. The summed E-state index contributed by atoms with van der Waals surface area (Å²) in [6, 6.07) is 5.65. The maximum Gasteiger partial charge on any atom is 0.129 e. The molecule has 0 spiro atoms. The Kier molecular flexibility index (Phi) is 3.61. The maximum atomic E-state index is 10.1. The first kappa shape index (κ1) is 13.7. The number of hydrogen-bond donors (Lipinski definition) is 1. The van der Waals surface area contributed by atoms with Crippen LogP contribution >= 0.6 is 0 Å². The molecule has 1 N–H and O–H groups in total. The Morgan fingerprint density at radius 1 is 1.40 bits per heavy atom. The van der Waals surface area contributed by atoms with E-state index < -0.39 is 6.10 Å². The highest BCUT2D eigenvalue weighted by Gasteiger charge is 2.32. The molecule has 0 bridgehead atoms. The van der Waals surface area contributed by atoms with Crippen LogP contribution in [0.15, 0.2) is 18.2 Å². The van der Waals surface area contributed by atoms with Crippen LogP contribution in [-0.4, -0.2) is 30.0 Å². The van der Waals surface area contributed by atoms with E-state index in [1.54, 1.807) is 0 Å². The zero-order valence-corrected chi connectivity index (χ0v) is 12.1. The Labute approximate surface area is 119 Å². The third-order valence-corrected chi connectivity index (χ3v) is 3.88. The normalized spacial score (nSPS) is 27.8. The van der Waals surface area contributed by atoms with Crippen LogP contribution < -0.4 is 9.47 Å². The third-order valence-electron chi connectivity index (χ3n) is 3.88. The first-order valence-corrected chi connectivity index (χ1v) is 7.29. The molecule has 0 aromatic heterocycles. The Balaban J connectivity index is 1.71. The van der Waals surface area contributed by atoms with E-state index in [1.165, 1.54) is 0 Å². The summed E-state index contributed by atoms with van der Waals surface area (Å²) in [4.78, 5) is 0. The van der Waals surface area contributed by atoms with Gasteiger partial charge in [0.15, 0.2) is 0 Å². The highest BCUT2D eigenvalue weighted by molar-refractivity contribution is 5.43. The average Bonchev–Trinajstić information content (AvgIpc) is 2.87. The lowest BCUT2D eigenvalue weighted by atomic mass is 9.92. The molecule has 3 rings (SSSR count). The van der Waals surface area contributed by atoms with E-state index in [0.29, 0.717) is 13.0 Å². The average molecular weight is 278 g/mol. The molecule has 2 heterocycles. The second kappa shape index (κ2) is 5.26. The van der Waals surface area contributed by atoms with Crippen LogP contribution in [0.1, 0.15) is 44.8 Å². The van der Waals surface area contributed by atoms with Gasteiger partial charge >= 0.3 is 0 Å². The Bertz CT molecular complexity index is 477. The van der Waals surface area contributed by atoms with Gasteiger partial charge in [-0.25, -0.2) is 0 Å². The number of benzene rings is 1. The molecule has 0 aliphatic carbocycles. The van der Waals surface area contributed by atoms with Crippen LogP contribution in [0.25, 0.3) is 0 Å². The highest BCUT2D eigenvalue weighted by atomic mass is 16.5. The van der Waals surface area contributed by atoms with E-state index in [2.05, 4.69) is 0 Å². The molecule has 1 fully saturated rings. The molecule has 4 nitrogen and oxygen atoms in total. The number of rotatable bonds is 3. The van der Waals surface area contributed by atoms with Gasteiger partial charge < -0.3 is 19.3 Å². The lowest BCUT2D eigenvalue weighted by molar-refractivity contribution is 0.0110. The summed E-state index contributed by atoms with van der Waals surface area (Å²) in [5.74, 6) is 1.49. The van der Waals surface area contributed by atoms with Gasteiger partial charge in [0.05, 0.1) is 12.2 Å². The standard InChI is InChI=1S/C16H22O4/c1-16(2)9-14(17)13-6-5-11(8-15(13)20-16)19-10-12-4-3-7-18-12/h5-6,8,12,14,17H,3-4,7,9-10H2,1-2H3. The minimum atomic E-state index is -0.471. The monoisotopic (exact) mass is 278 g/mol. The van der Waals surface area contributed by atoms with E-state index in [0.717, 1.165) is 36.5 Å². The van der Waals surface area contributed by atoms with Gasteiger partial charge in [0.25, 0.3) is 0 Å². The topological polar surface area (TPSA) is 47.9 Å². The fourth-order valence-electron chi connectivity index (χ4n) is 2.85. The van der Waals surface area contributed by atoms with Gasteiger partial charge in [-0.1, -0.05) is 0 Å². The largest absolute Gasteiger partial charge is 0.491 e. The zero-order chi connectivity index (χ0) is 14.2. The molecule has 2 atom stereocenters. The fourth-order valence-corrected chi connectivity index (χ4v) is 2.85. The molecule has 2 unspecified atom stereocenters. The lowest BCUT2D eigenvalue weighted by Gasteiger charge is -2.35. The van der Waals surface area contributed by atoms with E-state index in [1.807, 2.05) is 32.0 Å². The van der Waals surface area contributed by atoms with Gasteiger partial charge in [-0.05, 0) is 38.8 Å². The Hall–Kier alpha value is -1.26. The van der Waals surface area contributed by atoms with Gasteiger partial charge in [-0.3, -0.25) is 0 Å². The molecule has 1 saturated heterocycles. The molecule has 20 heavy (non-hydrogen) atoms. The summed E-state index contributed by atoms with van der Waals surface area (Å²) >= 11 is 0. The van der Waals surface area contributed by atoms with Crippen molar-refractivity contribution in [2.24, 2.45) is 0 Å². The van der Waals surface area contributed by atoms with Crippen molar-refractivity contribution in [3.05, 3.63) is 23.8 Å². The number of aliphatic hydroxyl groups is 1. The predicted molar refractivity (Wildman–Crippen MR) is 75.2 cm³/mol. The summed E-state index contributed by atoms with van der Waals surface area (Å²) in [6.07, 6.45) is 2.51. The summed E-state index contributed by atoms with van der Waals surface area (Å²) in [5.41, 5.74) is 0.494. The summed E-state index contributed by atoms with van der Waals surface area (Å²) in [7, 11) is 0. The Morgan fingerprint density at radius 3 is 3.00 bits per heavy atom. The van der Waals surface area contributed by atoms with Gasteiger partial charge in [-0.2, -0.15) is 0 Å². The lowest BCUT2D eigenvalue weighted by Crippen LogP contribution is -2.34. The second-order valence-corrected chi connectivity index (χ2v) is 6.23. The van der Waals surface area contributed by atoms with Crippen molar-refractivity contribution in [1.82, 2.24) is 0 Å². The molecule has 2 aliphatic heterocycles. The van der Waals surface area contributed by atoms with Crippen molar-refractivity contribution in [2.75, 3.05) is 13.2 Å². The number of fused-ring (bicyclic) bond motifs is 1. The molecule has 110 valence electrons. The van der Waals surface area contributed by atoms with Crippen molar-refractivity contribution in [2.45, 2.75) is 50.9 Å². The van der Waals surface area contributed by atoms with Crippen LogP contribution in [-0.2, 0) is 4.74 Å². The maximum absolute atomic E-state index is 10.1. The highest BCUT2D eigenvalue weighted by Crippen LogP contribution is 2.41. The fraction of sp³-hybridized carbons (Fsp3) is 0.625. The van der Waals surface area contributed by atoms with Crippen LogP contribution in [0.5, 0.6) is 11.5 Å². The zero-order valence-electron chi connectivity index (χ0n) is 12.1. The van der Waals surface area contributed by atoms with Crippen molar-refractivity contribution >= 4 is 0 Å². The van der Waals surface area contributed by atoms with E-state index >= 15 is 0 Å². The van der Waals surface area contributed by atoms with Crippen molar-refractivity contribution in [3.8, 4) is 11.5 Å². The van der Waals surface area contributed by atoms with Crippen molar-refractivity contribution in [3.63, 3.8) is 0 Å². The minimum Gasteiger partial charge on any atom is -0.491 e. The molecule has 1 aromatic carbocycles. The Morgan fingerprint density at radius 2 is 2.25 bits per heavy atom. The molecule has 0 saturated carbocycles. The summed E-state index contributed by atoms with van der Waals surface area (Å²) in [5, 5.41) is 10.1. The quantitative estimate of drug-likeness (QED) is 0.923. The third kappa shape index (κ3) is 2.91. The number of hydrogen-bond acceptors (Lipinski definition) is 4. The summed E-state index contributed by atoms with van der Waals surface area (Å²) < 4.78 is 17.2. The van der Waals surface area contributed by atoms with Gasteiger partial charge in [-0.15, -0.1) is 0 Å². The van der Waals surface area contributed by atoms with Crippen molar-refractivity contribution < 1.29 is 19.3 Å². The van der Waals surface area contributed by atoms with Crippen LogP contribution in [0, 0.1) is 0 Å². The second-order valence-electron chi connectivity index (χ2n) is 6.23. The SMILES string of the molecule is CC1(C)CC(O)c2ccc(OCC3CCCO3)cc2O1. The van der Waals surface area contributed by atoms with E-state index in [4.69, 9.17) is 14.2 Å². The molecule has 0 radical (unpaired) electrons. The molecule has 1 aromatic rings. The van der Waals surface area contributed by atoms with E-state index in [-0.39, 0.29) is 11.7 Å². The van der Waals surface area contributed by atoms with Gasteiger partial charge in [0.1, 0.15) is 23.7 Å². The molecule has 0 amide bonds. The smallest absolute Gasteiger partial charge is 0.129 e. The number of aliphatic hydroxyl groups excluding tert-OH is 1. The number of ether oxygens (including phenoxy) is 3. The van der Waals surface area contributed by atoms with Gasteiger partial charge in [0.2, 0.25) is 0 Å². The van der Waals surface area contributed by atoms with Crippen molar-refractivity contribution in [1.29, 1.82) is 0 Å². The molecular weight excluding hydrogens is 256 g/mol. The van der Waals surface area contributed by atoms with Crippen LogP contribution in [0.4, 0.5) is 0 Å². The molecule has 2 aliphatic rings. The van der Waals surface area contributed by atoms with Gasteiger partial charge in [0, 0.05) is 24.7 Å². The van der Waals surface area contributed by atoms with Crippen LogP contribution in [0.3, 0.4) is 0 Å². The molecular formula is C16H22O4. The molecule has 4 heteroatoms. The minimum absolute atomic E-state index is 0.203. The first-order valence-electron chi connectivity index (χ1n) is 7.29. The summed E-state index contributed by atoms with van der Waals surface area (Å²) in [6.45, 7) is 5.38. The van der Waals surface area contributed by atoms with Crippen LogP contribution in [0.2, 0.25) is 0 Å². The van der Waals surface area contributed by atoms with E-state index in [9.17, 15) is 5.11 Å².